The van der Waals surface area contributed by atoms with Crippen molar-refractivity contribution in [2.75, 3.05) is 18.0 Å². The van der Waals surface area contributed by atoms with E-state index < -0.39 is 21.8 Å². The van der Waals surface area contributed by atoms with Crippen molar-refractivity contribution < 1.29 is 18.0 Å². The van der Waals surface area contributed by atoms with Gasteiger partial charge in [-0.3, -0.25) is 9.59 Å². The average Bonchev–Trinajstić information content (AvgIpc) is 2.98. The van der Waals surface area contributed by atoms with Gasteiger partial charge >= 0.3 is 0 Å². The molecule has 0 aliphatic carbocycles. The normalized spacial score (nSPS) is 14.1. The van der Waals surface area contributed by atoms with Crippen LogP contribution in [0.4, 0.5) is 5.69 Å². The van der Waals surface area contributed by atoms with Crippen LogP contribution in [0.25, 0.3) is 10.8 Å². The van der Waals surface area contributed by atoms with Crippen LogP contribution < -0.4 is 4.90 Å². The maximum Gasteiger partial charge on any atom is 0.266 e. The summed E-state index contributed by atoms with van der Waals surface area (Å²) in [4.78, 5) is 27.0. The second-order valence-electron chi connectivity index (χ2n) is 6.72. The monoisotopic (exact) mass is 408 g/mol. The predicted octanol–water partition coefficient (Wildman–Crippen LogP) is 3.67. The summed E-state index contributed by atoms with van der Waals surface area (Å²) >= 11 is 0. The summed E-state index contributed by atoms with van der Waals surface area (Å²) in [5.41, 5.74) is 0.635. The van der Waals surface area contributed by atoms with Gasteiger partial charge in [0, 0.05) is 18.5 Å². The van der Waals surface area contributed by atoms with Crippen molar-refractivity contribution in [3.05, 3.63) is 71.8 Å². The van der Waals surface area contributed by atoms with E-state index in [0.29, 0.717) is 5.39 Å². The third-order valence-electron chi connectivity index (χ3n) is 5.20. The van der Waals surface area contributed by atoms with Crippen LogP contribution >= 0.6 is 0 Å². The first kappa shape index (κ1) is 19.3. The van der Waals surface area contributed by atoms with Gasteiger partial charge in [0.15, 0.2) is 0 Å². The molecule has 29 heavy (non-hydrogen) atoms. The van der Waals surface area contributed by atoms with Crippen LogP contribution in [-0.2, 0) is 10.0 Å². The van der Waals surface area contributed by atoms with Crippen LogP contribution in [0.5, 0.6) is 0 Å². The molecule has 0 atom stereocenters. The highest BCUT2D eigenvalue weighted by atomic mass is 32.2. The van der Waals surface area contributed by atoms with E-state index in [2.05, 4.69) is 0 Å². The van der Waals surface area contributed by atoms with Gasteiger partial charge in [-0.25, -0.2) is 13.3 Å². The van der Waals surface area contributed by atoms with E-state index in [1.54, 1.807) is 62.4 Å². The van der Waals surface area contributed by atoms with Gasteiger partial charge in [0.2, 0.25) is 10.0 Å². The minimum atomic E-state index is -3.94. The quantitative estimate of drug-likeness (QED) is 0.604. The number of amides is 2. The summed E-state index contributed by atoms with van der Waals surface area (Å²) in [6.45, 7) is 4.08. The molecule has 3 aromatic carbocycles. The summed E-state index contributed by atoms with van der Waals surface area (Å²) in [5.74, 6) is -1.03. The SMILES string of the molecule is CCN(CC)S(=O)(=O)c1c(N2C(=O)c3ccccc3C2=O)ccc2ccccc12. The number of hydrogen-bond donors (Lipinski definition) is 0. The van der Waals surface area contributed by atoms with Gasteiger partial charge in [0.05, 0.1) is 16.8 Å². The van der Waals surface area contributed by atoms with Crippen molar-refractivity contribution in [3.63, 3.8) is 0 Å². The van der Waals surface area contributed by atoms with Crippen molar-refractivity contribution in [2.45, 2.75) is 18.7 Å². The van der Waals surface area contributed by atoms with Crippen LogP contribution in [0.15, 0.2) is 65.6 Å². The standard InChI is InChI=1S/C22H20N2O4S/c1-3-23(4-2)29(27,28)20-16-10-6-5-9-15(16)13-14-19(20)24-21(25)17-11-7-8-12-18(17)22(24)26/h5-14H,3-4H2,1-2H3. The highest BCUT2D eigenvalue weighted by molar-refractivity contribution is 7.89. The molecular weight excluding hydrogens is 388 g/mol. The Morgan fingerprint density at radius 3 is 1.93 bits per heavy atom. The van der Waals surface area contributed by atoms with E-state index in [1.165, 1.54) is 4.31 Å². The van der Waals surface area contributed by atoms with Crippen molar-refractivity contribution in [2.24, 2.45) is 0 Å². The first-order valence-corrected chi connectivity index (χ1v) is 10.9. The summed E-state index contributed by atoms with van der Waals surface area (Å²) < 4.78 is 28.4. The third-order valence-corrected chi connectivity index (χ3v) is 7.34. The number of nitrogens with zero attached hydrogens (tertiary/aromatic N) is 2. The Hall–Kier alpha value is -3.03. The highest BCUT2D eigenvalue weighted by Gasteiger charge is 2.40. The van der Waals surface area contributed by atoms with Gasteiger partial charge in [0.1, 0.15) is 4.90 Å². The molecule has 0 spiro atoms. The zero-order valence-corrected chi connectivity index (χ0v) is 16.9. The smallest absolute Gasteiger partial charge is 0.266 e. The molecule has 0 unspecified atom stereocenters. The lowest BCUT2D eigenvalue weighted by atomic mass is 10.1. The topological polar surface area (TPSA) is 74.8 Å². The van der Waals surface area contributed by atoms with Gasteiger partial charge in [-0.05, 0) is 23.6 Å². The van der Waals surface area contributed by atoms with Crippen LogP contribution in [0.1, 0.15) is 34.6 Å². The first-order chi connectivity index (χ1) is 13.9. The molecular formula is C22H20N2O4S. The highest BCUT2D eigenvalue weighted by Crippen LogP contribution is 2.38. The Balaban J connectivity index is 2.03. The number of imide groups is 1. The summed E-state index contributed by atoms with van der Waals surface area (Å²) in [7, 11) is -3.94. The Kier molecular flexibility index (Phi) is 4.72. The van der Waals surface area contributed by atoms with E-state index >= 15 is 0 Å². The largest absolute Gasteiger partial charge is 0.268 e. The predicted molar refractivity (Wildman–Crippen MR) is 112 cm³/mol. The molecule has 1 aliphatic heterocycles. The molecule has 7 heteroatoms. The molecule has 4 rings (SSSR count). The fourth-order valence-electron chi connectivity index (χ4n) is 3.78. The molecule has 0 saturated heterocycles. The van der Waals surface area contributed by atoms with Gasteiger partial charge in [-0.2, -0.15) is 4.31 Å². The van der Waals surface area contributed by atoms with Gasteiger partial charge in [-0.15, -0.1) is 0 Å². The summed E-state index contributed by atoms with van der Waals surface area (Å²) in [5, 5.41) is 1.20. The van der Waals surface area contributed by atoms with E-state index in [0.717, 1.165) is 10.3 Å². The first-order valence-electron chi connectivity index (χ1n) is 9.41. The summed E-state index contributed by atoms with van der Waals surface area (Å²) in [6.07, 6.45) is 0. The lowest BCUT2D eigenvalue weighted by molar-refractivity contribution is 0.0925. The Bertz CT molecular complexity index is 1210. The number of rotatable bonds is 5. The molecule has 3 aromatic rings. The van der Waals surface area contributed by atoms with Gasteiger partial charge < -0.3 is 0 Å². The molecule has 0 saturated carbocycles. The van der Waals surface area contributed by atoms with E-state index in [4.69, 9.17) is 0 Å². The van der Waals surface area contributed by atoms with Gasteiger partial charge in [-0.1, -0.05) is 56.3 Å². The van der Waals surface area contributed by atoms with E-state index in [-0.39, 0.29) is 34.8 Å². The van der Waals surface area contributed by atoms with Crippen LogP contribution in [0.3, 0.4) is 0 Å². The maximum absolute atomic E-state index is 13.5. The lowest BCUT2D eigenvalue weighted by Gasteiger charge is -2.24. The second-order valence-corrected chi connectivity index (χ2v) is 8.59. The molecule has 0 N–H and O–H groups in total. The number of sulfonamides is 1. The molecule has 0 radical (unpaired) electrons. The molecule has 1 heterocycles. The van der Waals surface area contributed by atoms with Crippen molar-refractivity contribution >= 4 is 38.3 Å². The molecule has 6 nitrogen and oxygen atoms in total. The molecule has 0 fully saturated rings. The Labute approximate surface area is 169 Å². The third kappa shape index (κ3) is 2.85. The zero-order chi connectivity index (χ0) is 20.8. The molecule has 0 aromatic heterocycles. The Morgan fingerprint density at radius 1 is 0.793 bits per heavy atom. The molecule has 2 amide bonds. The van der Waals surface area contributed by atoms with Crippen LogP contribution in [-0.4, -0.2) is 37.6 Å². The van der Waals surface area contributed by atoms with Crippen molar-refractivity contribution in [1.29, 1.82) is 0 Å². The fraction of sp³-hybridized carbons (Fsp3) is 0.182. The minimum Gasteiger partial charge on any atom is -0.268 e. The minimum absolute atomic E-state index is 0.0196. The van der Waals surface area contributed by atoms with Gasteiger partial charge in [0.25, 0.3) is 11.8 Å². The maximum atomic E-state index is 13.5. The zero-order valence-electron chi connectivity index (χ0n) is 16.1. The fourth-order valence-corrected chi connectivity index (χ4v) is 5.60. The Morgan fingerprint density at radius 2 is 1.34 bits per heavy atom. The number of fused-ring (bicyclic) bond motifs is 2. The average molecular weight is 408 g/mol. The molecule has 1 aliphatic rings. The van der Waals surface area contributed by atoms with Crippen LogP contribution in [0.2, 0.25) is 0 Å². The second kappa shape index (κ2) is 7.09. The number of anilines is 1. The van der Waals surface area contributed by atoms with Crippen LogP contribution in [0, 0.1) is 0 Å². The number of benzene rings is 3. The number of carbonyl (C=O) groups is 2. The summed E-state index contributed by atoms with van der Waals surface area (Å²) in [6, 6.07) is 16.9. The number of carbonyl (C=O) groups excluding carboxylic acids is 2. The van der Waals surface area contributed by atoms with Crippen molar-refractivity contribution in [1.82, 2.24) is 4.31 Å². The number of hydrogen-bond acceptors (Lipinski definition) is 4. The van der Waals surface area contributed by atoms with E-state index in [9.17, 15) is 18.0 Å². The molecule has 148 valence electrons. The molecule has 0 bridgehead atoms. The lowest BCUT2D eigenvalue weighted by Crippen LogP contribution is -2.35. The van der Waals surface area contributed by atoms with Crippen molar-refractivity contribution in [3.8, 4) is 0 Å². The van der Waals surface area contributed by atoms with E-state index in [1.807, 2.05) is 12.1 Å².